The number of ether oxygens (including phenoxy) is 1. The van der Waals surface area contributed by atoms with E-state index in [1.54, 1.807) is 11.3 Å². The molecule has 0 aliphatic rings. The molecule has 0 amide bonds. The van der Waals surface area contributed by atoms with E-state index >= 15 is 0 Å². The summed E-state index contributed by atoms with van der Waals surface area (Å²) in [5, 5.41) is 3.28. The number of aryl methyl sites for hydroxylation is 1. The average molecular weight is 410 g/mol. The number of hydrogen-bond acceptors (Lipinski definition) is 5. The van der Waals surface area contributed by atoms with Crippen LogP contribution >= 0.6 is 11.3 Å². The summed E-state index contributed by atoms with van der Waals surface area (Å²) in [5.74, 6) is -0.143. The van der Waals surface area contributed by atoms with Gasteiger partial charge in [-0.25, -0.2) is 4.98 Å². The zero-order valence-corrected chi connectivity index (χ0v) is 19.7. The van der Waals surface area contributed by atoms with Crippen LogP contribution in [-0.2, 0) is 14.0 Å². The molecule has 0 saturated carbocycles. The van der Waals surface area contributed by atoms with E-state index in [4.69, 9.17) is 9.16 Å². The van der Waals surface area contributed by atoms with Gasteiger partial charge in [0.05, 0.1) is 23.4 Å². The normalized spacial score (nSPS) is 14.2. The van der Waals surface area contributed by atoms with Crippen LogP contribution in [0.4, 0.5) is 0 Å². The van der Waals surface area contributed by atoms with Crippen LogP contribution in [0.3, 0.4) is 0 Å². The van der Waals surface area contributed by atoms with Crippen LogP contribution in [0.25, 0.3) is 6.08 Å². The molecule has 0 aromatic carbocycles. The van der Waals surface area contributed by atoms with Crippen LogP contribution in [-0.4, -0.2) is 32.0 Å². The van der Waals surface area contributed by atoms with Gasteiger partial charge in [0.1, 0.15) is 0 Å². The molecule has 0 saturated heterocycles. The Hall–Kier alpha value is -1.24. The average Bonchev–Trinajstić information content (AvgIpc) is 2.96. The number of rotatable bonds is 10. The first kappa shape index (κ1) is 23.8. The van der Waals surface area contributed by atoms with E-state index in [-0.39, 0.29) is 17.1 Å². The van der Waals surface area contributed by atoms with E-state index in [2.05, 4.69) is 56.4 Å². The molecular weight excluding hydrogens is 374 g/mol. The molecule has 1 aromatic rings. The highest BCUT2D eigenvalue weighted by molar-refractivity contribution is 7.09. The Balaban J connectivity index is 2.72. The van der Waals surface area contributed by atoms with Gasteiger partial charge in [-0.05, 0) is 50.9 Å². The zero-order valence-electron chi connectivity index (χ0n) is 17.9. The van der Waals surface area contributed by atoms with Crippen LogP contribution < -0.4 is 0 Å². The lowest BCUT2D eigenvalue weighted by atomic mass is 10.2. The summed E-state index contributed by atoms with van der Waals surface area (Å²) >= 11 is 1.65. The number of aromatic nitrogens is 1. The second-order valence-corrected chi connectivity index (χ2v) is 13.9. The Morgan fingerprint density at radius 3 is 2.59 bits per heavy atom. The SMILES string of the molecule is CCOC(=O)CC/C=C\CC(/C=C/c1csc(C)n1)O[Si](C)(C)C(C)(C)C. The molecule has 4 nitrogen and oxygen atoms in total. The third-order valence-electron chi connectivity index (χ3n) is 4.73. The lowest BCUT2D eigenvalue weighted by Crippen LogP contribution is -2.43. The predicted molar refractivity (Wildman–Crippen MR) is 118 cm³/mol. The first-order valence-electron chi connectivity index (χ1n) is 9.64. The largest absolute Gasteiger partial charge is 0.466 e. The number of hydrogen-bond donors (Lipinski definition) is 0. The lowest BCUT2D eigenvalue weighted by Gasteiger charge is -2.38. The van der Waals surface area contributed by atoms with E-state index in [1.165, 1.54) is 0 Å². The van der Waals surface area contributed by atoms with Gasteiger partial charge in [-0.3, -0.25) is 4.79 Å². The first-order chi connectivity index (χ1) is 12.5. The van der Waals surface area contributed by atoms with E-state index < -0.39 is 8.32 Å². The van der Waals surface area contributed by atoms with Gasteiger partial charge in [-0.15, -0.1) is 11.3 Å². The van der Waals surface area contributed by atoms with Gasteiger partial charge in [0.25, 0.3) is 0 Å². The first-order valence-corrected chi connectivity index (χ1v) is 13.4. The third-order valence-corrected chi connectivity index (χ3v) is 10.0. The number of carbonyl (C=O) groups excluding carboxylic acids is 1. The number of allylic oxidation sites excluding steroid dienone is 1. The number of nitrogens with zero attached hydrogens (tertiary/aromatic N) is 1. The molecule has 6 heteroatoms. The van der Waals surface area contributed by atoms with Gasteiger partial charge < -0.3 is 9.16 Å². The molecule has 27 heavy (non-hydrogen) atoms. The van der Waals surface area contributed by atoms with Gasteiger partial charge in [-0.1, -0.05) is 39.0 Å². The standard InChI is InChI=1S/C21H35NO3SSi/c1-8-24-20(23)13-11-9-10-12-19(25-27(6,7)21(3,4)5)15-14-18-16-26-17(2)22-18/h9-10,14-16,19H,8,11-13H2,1-7H3/b10-9-,15-14+. The Morgan fingerprint density at radius 2 is 2.04 bits per heavy atom. The van der Waals surface area contributed by atoms with E-state index in [0.29, 0.717) is 19.4 Å². The highest BCUT2D eigenvalue weighted by Gasteiger charge is 2.38. The molecule has 0 N–H and O–H groups in total. The van der Waals surface area contributed by atoms with Crippen molar-refractivity contribution in [3.05, 3.63) is 34.3 Å². The Labute approximate surface area is 169 Å². The summed E-state index contributed by atoms with van der Waals surface area (Å²) in [5.41, 5.74) is 0.979. The van der Waals surface area contributed by atoms with Crippen molar-refractivity contribution in [3.63, 3.8) is 0 Å². The maximum absolute atomic E-state index is 11.4. The Kier molecular flexibility index (Phi) is 9.63. The van der Waals surface area contributed by atoms with Crippen molar-refractivity contribution in [2.24, 2.45) is 0 Å². The molecule has 0 fully saturated rings. The highest BCUT2D eigenvalue weighted by Crippen LogP contribution is 2.37. The van der Waals surface area contributed by atoms with Crippen molar-refractivity contribution >= 4 is 31.7 Å². The van der Waals surface area contributed by atoms with Crippen LogP contribution in [0.5, 0.6) is 0 Å². The fourth-order valence-corrected chi connectivity index (χ4v) is 4.03. The fourth-order valence-electron chi connectivity index (χ4n) is 2.17. The van der Waals surface area contributed by atoms with Crippen molar-refractivity contribution in [1.82, 2.24) is 4.98 Å². The predicted octanol–water partition coefficient (Wildman–Crippen LogP) is 6.14. The topological polar surface area (TPSA) is 48.4 Å². The minimum Gasteiger partial charge on any atom is -0.466 e. The molecule has 1 unspecified atom stereocenters. The molecule has 152 valence electrons. The Morgan fingerprint density at radius 1 is 1.33 bits per heavy atom. The van der Waals surface area contributed by atoms with Crippen molar-refractivity contribution in [2.75, 3.05) is 6.61 Å². The number of carbonyl (C=O) groups is 1. The van der Waals surface area contributed by atoms with Gasteiger partial charge >= 0.3 is 5.97 Å². The van der Waals surface area contributed by atoms with E-state index in [0.717, 1.165) is 17.1 Å². The Bertz CT molecular complexity index is 644. The summed E-state index contributed by atoms with van der Waals surface area (Å²) < 4.78 is 11.5. The minimum absolute atomic E-state index is 0.00624. The van der Waals surface area contributed by atoms with Crippen LogP contribution in [0.15, 0.2) is 23.6 Å². The number of thiazole rings is 1. The molecule has 1 heterocycles. The molecule has 0 spiro atoms. The molecule has 0 bridgehead atoms. The summed E-state index contributed by atoms with van der Waals surface area (Å²) in [4.78, 5) is 15.9. The smallest absolute Gasteiger partial charge is 0.306 e. The van der Waals surface area contributed by atoms with E-state index in [1.807, 2.05) is 26.0 Å². The molecule has 1 rings (SSSR count). The van der Waals surface area contributed by atoms with Crippen LogP contribution in [0, 0.1) is 6.92 Å². The van der Waals surface area contributed by atoms with Crippen molar-refractivity contribution in [1.29, 1.82) is 0 Å². The summed E-state index contributed by atoms with van der Waals surface area (Å²) in [6.45, 7) is 15.6. The lowest BCUT2D eigenvalue weighted by molar-refractivity contribution is -0.143. The molecule has 1 aromatic heterocycles. The minimum atomic E-state index is -1.88. The summed E-state index contributed by atoms with van der Waals surface area (Å²) in [6.07, 6.45) is 10.2. The van der Waals surface area contributed by atoms with Crippen molar-refractivity contribution in [2.45, 2.75) is 78.1 Å². The van der Waals surface area contributed by atoms with Gasteiger partial charge in [-0.2, -0.15) is 0 Å². The fraction of sp³-hybridized carbons (Fsp3) is 0.619. The maximum Gasteiger partial charge on any atom is 0.306 e. The maximum atomic E-state index is 11.4. The third kappa shape index (κ3) is 8.99. The quantitative estimate of drug-likeness (QED) is 0.264. The highest BCUT2D eigenvalue weighted by atomic mass is 32.1. The summed E-state index contributed by atoms with van der Waals surface area (Å²) in [7, 11) is -1.88. The number of esters is 1. The van der Waals surface area contributed by atoms with Gasteiger partial charge in [0.2, 0.25) is 0 Å². The van der Waals surface area contributed by atoms with Crippen molar-refractivity contribution in [3.8, 4) is 0 Å². The second kappa shape index (κ2) is 10.9. The second-order valence-electron chi connectivity index (χ2n) is 8.12. The molecule has 0 aliphatic carbocycles. The molecule has 0 aliphatic heterocycles. The molecule has 0 radical (unpaired) electrons. The molecule has 1 atom stereocenters. The van der Waals surface area contributed by atoms with Crippen molar-refractivity contribution < 1.29 is 14.0 Å². The van der Waals surface area contributed by atoms with Gasteiger partial charge in [0, 0.05) is 11.8 Å². The summed E-state index contributed by atoms with van der Waals surface area (Å²) in [6, 6.07) is 0. The molecular formula is C21H35NO3SSi. The van der Waals surface area contributed by atoms with Crippen LogP contribution in [0.2, 0.25) is 18.1 Å². The van der Waals surface area contributed by atoms with Crippen LogP contribution in [0.1, 0.15) is 57.7 Å². The van der Waals surface area contributed by atoms with Gasteiger partial charge in [0.15, 0.2) is 8.32 Å². The monoisotopic (exact) mass is 409 g/mol. The zero-order chi connectivity index (χ0) is 20.5. The van der Waals surface area contributed by atoms with E-state index in [9.17, 15) is 4.79 Å².